The quantitative estimate of drug-likeness (QED) is 0.124. The minimum absolute atomic E-state index is 0.00202. The average molecular weight is 1050 g/mol. The molecule has 0 radical (unpaired) electrons. The number of rotatable bonds is 9. The molecule has 1 aliphatic carbocycles. The van der Waals surface area contributed by atoms with Gasteiger partial charge in [-0.3, -0.25) is 24.2 Å². The number of piperidine rings is 1. The summed E-state index contributed by atoms with van der Waals surface area (Å²) >= 11 is 0. The number of aliphatic hydroxyl groups is 2. The molecule has 2 bridgehead atoms. The summed E-state index contributed by atoms with van der Waals surface area (Å²) in [5.74, 6) is -8.35. The van der Waals surface area contributed by atoms with E-state index in [9.17, 15) is 39.0 Å². The number of cyclic esters (lactones) is 1. The molecule has 0 aromatic carbocycles. The number of alkyl carbamates (subject to hydrolysis) is 1. The van der Waals surface area contributed by atoms with Crippen molar-refractivity contribution in [2.45, 2.75) is 187 Å². The molecule has 1 saturated carbocycles. The van der Waals surface area contributed by atoms with Gasteiger partial charge in [0.2, 0.25) is 5.79 Å². The van der Waals surface area contributed by atoms with Crippen LogP contribution in [0.3, 0.4) is 0 Å². The molecule has 3 fully saturated rings. The van der Waals surface area contributed by atoms with Gasteiger partial charge >= 0.3 is 12.1 Å². The van der Waals surface area contributed by atoms with Gasteiger partial charge in [-0.05, 0) is 125 Å². The zero-order valence-electron chi connectivity index (χ0n) is 45.9. The molecule has 2 amide bonds. The van der Waals surface area contributed by atoms with Gasteiger partial charge in [0.25, 0.3) is 11.7 Å². The second kappa shape index (κ2) is 29.0. The third-order valence-corrected chi connectivity index (χ3v) is 15.9. The Kier molecular flexibility index (Phi) is 23.6. The molecule has 15 atom stereocenters. The Balaban J connectivity index is 1.42. The number of esters is 1. The van der Waals surface area contributed by atoms with Crippen molar-refractivity contribution in [2.75, 3.05) is 27.9 Å². The average Bonchev–Trinajstić information content (AvgIpc) is 3.40. The first-order valence-electron chi connectivity index (χ1n) is 27.0. The number of nitrogens with one attached hydrogen (secondary N) is 1. The third kappa shape index (κ3) is 16.8. The van der Waals surface area contributed by atoms with E-state index < -0.39 is 102 Å². The van der Waals surface area contributed by atoms with Crippen molar-refractivity contribution in [3.63, 3.8) is 0 Å². The molecule has 3 aliphatic heterocycles. The molecule has 17 heteroatoms. The highest BCUT2D eigenvalue weighted by atomic mass is 16.6. The molecule has 1 aromatic heterocycles. The van der Waals surface area contributed by atoms with Crippen LogP contribution in [0.1, 0.15) is 131 Å². The van der Waals surface area contributed by atoms with E-state index in [-0.39, 0.29) is 49.3 Å². The van der Waals surface area contributed by atoms with Crippen molar-refractivity contribution in [3.05, 3.63) is 77.7 Å². The molecule has 5 rings (SSSR count). The smallest absolute Gasteiger partial charge is 0.407 e. The lowest BCUT2D eigenvalue weighted by Crippen LogP contribution is -2.61. The lowest BCUT2D eigenvalue weighted by Gasteiger charge is -2.42. The summed E-state index contributed by atoms with van der Waals surface area (Å²) in [5.41, 5.74) is 2.11. The van der Waals surface area contributed by atoms with Crippen molar-refractivity contribution >= 4 is 35.3 Å². The van der Waals surface area contributed by atoms with Crippen LogP contribution in [0.15, 0.2) is 72.1 Å². The normalized spacial score (nSPS) is 36.4. The first-order valence-corrected chi connectivity index (χ1v) is 27.0. The molecule has 17 nitrogen and oxygen atoms in total. The van der Waals surface area contributed by atoms with Crippen molar-refractivity contribution in [2.24, 2.45) is 35.5 Å². The maximum atomic E-state index is 14.6. The van der Waals surface area contributed by atoms with Gasteiger partial charge < -0.3 is 48.9 Å². The third-order valence-electron chi connectivity index (χ3n) is 15.9. The van der Waals surface area contributed by atoms with Crippen LogP contribution in [0.2, 0.25) is 0 Å². The molecule has 1 unspecified atom stereocenters. The SMILES string of the molecule is CO[C@H]1C[C@@H]2CC[C@@H](C)[C@@](O)(O2)C(=O)C(=O)N2CCCC[C@H]2C(=O)O[C@H]([C@H](C)CC2CC[C@H](OC(=O)NCc3ccncc3)[C@@H](OC)C2)CC(=O)[C@H](C)/C=C(\C)[C@@H](O)[C@@H](OC)C(=O)[C@H](C)C[C@H](C)\C=C/C=C/C=C/1C. The topological polar surface area (TPSA) is 226 Å². The summed E-state index contributed by atoms with van der Waals surface area (Å²) in [5, 5.41) is 26.3. The highest BCUT2D eigenvalue weighted by molar-refractivity contribution is 6.39. The number of amides is 2. The number of carbonyl (C=O) groups excluding carboxylic acids is 6. The van der Waals surface area contributed by atoms with Gasteiger partial charge in [0.05, 0.1) is 18.3 Å². The van der Waals surface area contributed by atoms with Gasteiger partial charge in [0, 0.05) is 77.4 Å². The Morgan fingerprint density at radius 3 is 2.31 bits per heavy atom. The fraction of sp³-hybridized carbons (Fsp3) is 0.672. The van der Waals surface area contributed by atoms with E-state index in [0.29, 0.717) is 69.8 Å². The number of aliphatic hydroxyl groups excluding tert-OH is 1. The van der Waals surface area contributed by atoms with E-state index in [1.54, 1.807) is 65.6 Å². The van der Waals surface area contributed by atoms with Gasteiger partial charge in [0.15, 0.2) is 5.78 Å². The predicted molar refractivity (Wildman–Crippen MR) is 280 cm³/mol. The number of allylic oxidation sites excluding steroid dienone is 6. The zero-order valence-corrected chi connectivity index (χ0v) is 45.9. The molecule has 3 N–H and O–H groups in total. The Bertz CT molecular complexity index is 2210. The van der Waals surface area contributed by atoms with E-state index in [1.807, 2.05) is 58.1 Å². The van der Waals surface area contributed by atoms with Gasteiger partial charge in [-0.2, -0.15) is 0 Å². The van der Waals surface area contributed by atoms with Crippen LogP contribution in [0.5, 0.6) is 0 Å². The molecular weight excluding hydrogens is 963 g/mol. The number of hydrogen-bond acceptors (Lipinski definition) is 15. The Hall–Kier alpha value is -4.91. The lowest BCUT2D eigenvalue weighted by molar-refractivity contribution is -0.265. The second-order valence-corrected chi connectivity index (χ2v) is 21.7. The summed E-state index contributed by atoms with van der Waals surface area (Å²) in [6.45, 7) is 12.9. The van der Waals surface area contributed by atoms with Crippen LogP contribution >= 0.6 is 0 Å². The standard InChI is InChI=1S/C58H85N3O14/c1-35-16-12-11-13-17-36(2)48(70-8)32-44-21-19-41(7)58(69,75-44)54(65)55(66)61-27-15-14-18-45(61)56(67)73-49(33-46(62)37(3)29-40(6)52(64)53(72-10)51(63)39(5)28-35)38(4)30-43-20-22-47(50(31-43)71-9)74-57(68)60-34-42-23-25-59-26-24-42/h11-13,16-17,23-26,29,35,37-39,41,43-45,47-50,52-53,64,69H,14-15,18-22,27-28,30-34H2,1-10H3,(H,60,68)/b13-11+,16-12-,36-17+,40-29+/t35-,37-,38-,39-,41-,43?,44+,45+,47+,48+,49+,50+,52-,53+,58-/m1/s1. The summed E-state index contributed by atoms with van der Waals surface area (Å²) in [6.07, 6.45) is 13.3. The van der Waals surface area contributed by atoms with Gasteiger partial charge in [-0.25, -0.2) is 9.59 Å². The number of methoxy groups -OCH3 is 3. The lowest BCUT2D eigenvalue weighted by atomic mass is 9.78. The van der Waals surface area contributed by atoms with Crippen LogP contribution in [0.25, 0.3) is 0 Å². The van der Waals surface area contributed by atoms with Crippen LogP contribution in [-0.2, 0) is 58.9 Å². The number of nitrogens with zero attached hydrogens (tertiary/aromatic N) is 2. The molecule has 75 heavy (non-hydrogen) atoms. The summed E-state index contributed by atoms with van der Waals surface area (Å²) in [4.78, 5) is 89.5. The maximum Gasteiger partial charge on any atom is 0.407 e. The fourth-order valence-electron chi connectivity index (χ4n) is 11.1. The fourth-order valence-corrected chi connectivity index (χ4v) is 11.1. The van der Waals surface area contributed by atoms with Crippen LogP contribution < -0.4 is 5.32 Å². The first-order chi connectivity index (χ1) is 35.7. The van der Waals surface area contributed by atoms with Crippen LogP contribution in [-0.4, -0.2) is 138 Å². The van der Waals surface area contributed by atoms with E-state index in [4.69, 9.17) is 28.4 Å². The summed E-state index contributed by atoms with van der Waals surface area (Å²) in [7, 11) is 4.51. The summed E-state index contributed by atoms with van der Waals surface area (Å²) in [6, 6.07) is 2.42. The van der Waals surface area contributed by atoms with Crippen molar-refractivity contribution in [3.8, 4) is 0 Å². The second-order valence-electron chi connectivity index (χ2n) is 21.7. The number of pyridine rings is 1. The Morgan fingerprint density at radius 1 is 0.880 bits per heavy atom. The minimum atomic E-state index is -2.46. The van der Waals surface area contributed by atoms with E-state index >= 15 is 0 Å². The van der Waals surface area contributed by atoms with Gasteiger partial charge in [0.1, 0.15) is 36.2 Å². The molecular formula is C58H85N3O14. The largest absolute Gasteiger partial charge is 0.460 e. The Morgan fingerprint density at radius 2 is 1.61 bits per heavy atom. The van der Waals surface area contributed by atoms with Gasteiger partial charge in [-0.1, -0.05) is 71.1 Å². The molecule has 4 aliphatic rings. The van der Waals surface area contributed by atoms with E-state index in [1.165, 1.54) is 12.0 Å². The number of aromatic nitrogens is 1. The maximum absolute atomic E-state index is 14.6. The molecule has 2 saturated heterocycles. The first kappa shape index (κ1) is 60.9. The number of carbonyl (C=O) groups is 6. The number of fused-ring (bicyclic) bond motifs is 3. The number of Topliss-reactive ketones (excluding diaryl/α,β-unsaturated/α-hetero) is 3. The molecule has 0 spiro atoms. The molecule has 416 valence electrons. The van der Waals surface area contributed by atoms with Crippen molar-refractivity contribution in [1.29, 1.82) is 0 Å². The highest BCUT2D eigenvalue weighted by Gasteiger charge is 2.53. The van der Waals surface area contributed by atoms with E-state index in [0.717, 1.165) is 11.1 Å². The molecule has 4 heterocycles. The van der Waals surface area contributed by atoms with Crippen molar-refractivity contribution < 1.29 is 67.4 Å². The van der Waals surface area contributed by atoms with Gasteiger partial charge in [-0.15, -0.1) is 0 Å². The number of hydrogen-bond donors (Lipinski definition) is 3. The monoisotopic (exact) mass is 1050 g/mol. The molecule has 1 aromatic rings. The Labute approximate surface area is 444 Å². The van der Waals surface area contributed by atoms with Crippen molar-refractivity contribution in [1.82, 2.24) is 15.2 Å². The number of ether oxygens (including phenoxy) is 6. The highest BCUT2D eigenvalue weighted by Crippen LogP contribution is 2.38. The van der Waals surface area contributed by atoms with Crippen LogP contribution in [0, 0.1) is 35.5 Å². The predicted octanol–water partition coefficient (Wildman–Crippen LogP) is 7.51. The van der Waals surface area contributed by atoms with Crippen LogP contribution in [0.4, 0.5) is 4.79 Å². The number of ketones is 3. The zero-order chi connectivity index (χ0) is 55.0. The summed E-state index contributed by atoms with van der Waals surface area (Å²) < 4.78 is 35.7. The van der Waals surface area contributed by atoms with E-state index in [2.05, 4.69) is 10.3 Å². The minimum Gasteiger partial charge on any atom is -0.460 e.